The molecule has 1 aromatic carbocycles. The minimum absolute atomic E-state index is 0.554. The molecule has 1 saturated heterocycles. The Labute approximate surface area is 96.8 Å². The van der Waals surface area contributed by atoms with E-state index in [0.717, 1.165) is 18.9 Å². The van der Waals surface area contributed by atoms with Crippen molar-refractivity contribution in [3.63, 3.8) is 0 Å². The molecule has 0 saturated carbocycles. The van der Waals surface area contributed by atoms with Gasteiger partial charge in [-0.1, -0.05) is 12.1 Å². The predicted octanol–water partition coefficient (Wildman–Crippen LogP) is 1.96. The highest BCUT2D eigenvalue weighted by molar-refractivity contribution is 5.26. The first-order valence-electron chi connectivity index (χ1n) is 5.82. The summed E-state index contributed by atoms with van der Waals surface area (Å²) in [5.41, 5.74) is 1.19. The summed E-state index contributed by atoms with van der Waals surface area (Å²) in [6.07, 6.45) is 2.51. The molecule has 2 rings (SSSR count). The summed E-state index contributed by atoms with van der Waals surface area (Å²) in [5, 5.41) is 3.42. The normalized spacial score (nSPS) is 19.9. The number of hydrogen-bond acceptors (Lipinski definition) is 3. The molecule has 1 aromatic rings. The molecule has 1 N–H and O–H groups in total. The third kappa shape index (κ3) is 3.22. The number of nitrogens with one attached hydrogen (secondary N) is 1. The second-order valence-electron chi connectivity index (χ2n) is 4.16. The standard InChI is InChI=1S/C13H19NO2/c1-15-13-6-4-11(5-7-13)9-16-10-12-3-2-8-14-12/h4-7,12,14H,2-3,8-10H2,1H3/t12-/m1/s1. The van der Waals surface area contributed by atoms with Gasteiger partial charge in [0.2, 0.25) is 0 Å². The molecule has 0 aliphatic carbocycles. The molecule has 0 amide bonds. The molecule has 1 fully saturated rings. The van der Waals surface area contributed by atoms with E-state index >= 15 is 0 Å². The van der Waals surface area contributed by atoms with Crippen molar-refractivity contribution < 1.29 is 9.47 Å². The van der Waals surface area contributed by atoms with Crippen molar-refractivity contribution in [1.29, 1.82) is 0 Å². The Balaban J connectivity index is 1.71. The molecule has 0 unspecified atom stereocenters. The molecule has 1 heterocycles. The van der Waals surface area contributed by atoms with E-state index in [1.54, 1.807) is 7.11 Å². The van der Waals surface area contributed by atoms with Crippen LogP contribution in [-0.2, 0) is 11.3 Å². The average Bonchev–Trinajstić information content (AvgIpc) is 2.83. The van der Waals surface area contributed by atoms with Gasteiger partial charge in [0.25, 0.3) is 0 Å². The van der Waals surface area contributed by atoms with Crippen molar-refractivity contribution >= 4 is 0 Å². The predicted molar refractivity (Wildman–Crippen MR) is 63.7 cm³/mol. The van der Waals surface area contributed by atoms with Gasteiger partial charge in [0, 0.05) is 6.04 Å². The lowest BCUT2D eigenvalue weighted by atomic mass is 10.2. The zero-order valence-corrected chi connectivity index (χ0v) is 9.74. The smallest absolute Gasteiger partial charge is 0.118 e. The van der Waals surface area contributed by atoms with Gasteiger partial charge < -0.3 is 14.8 Å². The van der Waals surface area contributed by atoms with Crippen LogP contribution in [0.5, 0.6) is 5.75 Å². The third-order valence-electron chi connectivity index (χ3n) is 2.91. The number of ether oxygens (including phenoxy) is 2. The molecular formula is C13H19NO2. The molecule has 1 atom stereocenters. The Kier molecular flexibility index (Phi) is 4.19. The highest BCUT2D eigenvalue weighted by Gasteiger charge is 2.13. The first-order valence-corrected chi connectivity index (χ1v) is 5.82. The average molecular weight is 221 g/mol. The zero-order valence-electron chi connectivity index (χ0n) is 9.74. The van der Waals surface area contributed by atoms with Crippen LogP contribution >= 0.6 is 0 Å². The maximum atomic E-state index is 5.67. The molecule has 0 aromatic heterocycles. The molecule has 16 heavy (non-hydrogen) atoms. The summed E-state index contributed by atoms with van der Waals surface area (Å²) in [7, 11) is 1.68. The van der Waals surface area contributed by atoms with Gasteiger partial charge in [-0.3, -0.25) is 0 Å². The van der Waals surface area contributed by atoms with Crippen LogP contribution in [0, 0.1) is 0 Å². The monoisotopic (exact) mass is 221 g/mol. The van der Waals surface area contributed by atoms with E-state index in [-0.39, 0.29) is 0 Å². The molecule has 0 spiro atoms. The molecule has 1 aliphatic rings. The van der Waals surface area contributed by atoms with Crippen molar-refractivity contribution in [2.24, 2.45) is 0 Å². The van der Waals surface area contributed by atoms with Crippen molar-refractivity contribution in [3.05, 3.63) is 29.8 Å². The van der Waals surface area contributed by atoms with E-state index in [0.29, 0.717) is 12.6 Å². The van der Waals surface area contributed by atoms with Crippen LogP contribution in [0.2, 0.25) is 0 Å². The minimum Gasteiger partial charge on any atom is -0.497 e. The number of benzene rings is 1. The van der Waals surface area contributed by atoms with Gasteiger partial charge in [0.15, 0.2) is 0 Å². The van der Waals surface area contributed by atoms with Gasteiger partial charge in [-0.2, -0.15) is 0 Å². The summed E-state index contributed by atoms with van der Waals surface area (Å²) >= 11 is 0. The second-order valence-corrected chi connectivity index (χ2v) is 4.16. The highest BCUT2D eigenvalue weighted by atomic mass is 16.5. The molecule has 3 nitrogen and oxygen atoms in total. The molecule has 1 aliphatic heterocycles. The van der Waals surface area contributed by atoms with Crippen LogP contribution in [0.4, 0.5) is 0 Å². The fourth-order valence-electron chi connectivity index (χ4n) is 1.94. The first-order chi connectivity index (χ1) is 7.88. The lowest BCUT2D eigenvalue weighted by molar-refractivity contribution is 0.103. The second kappa shape index (κ2) is 5.87. The molecule has 0 bridgehead atoms. The van der Waals surface area contributed by atoms with E-state index < -0.39 is 0 Å². The van der Waals surface area contributed by atoms with Gasteiger partial charge in [-0.05, 0) is 37.1 Å². The Bertz CT molecular complexity index is 304. The summed E-state index contributed by atoms with van der Waals surface area (Å²) in [5.74, 6) is 0.890. The molecule has 0 radical (unpaired) electrons. The lowest BCUT2D eigenvalue weighted by Crippen LogP contribution is -2.26. The van der Waals surface area contributed by atoms with Crippen LogP contribution in [0.1, 0.15) is 18.4 Å². The van der Waals surface area contributed by atoms with Gasteiger partial charge in [-0.25, -0.2) is 0 Å². The van der Waals surface area contributed by atoms with Crippen LogP contribution in [0.25, 0.3) is 0 Å². The fraction of sp³-hybridized carbons (Fsp3) is 0.538. The summed E-state index contributed by atoms with van der Waals surface area (Å²) in [4.78, 5) is 0. The van der Waals surface area contributed by atoms with Gasteiger partial charge in [-0.15, -0.1) is 0 Å². The van der Waals surface area contributed by atoms with Crippen molar-refractivity contribution in [1.82, 2.24) is 5.32 Å². The van der Waals surface area contributed by atoms with Gasteiger partial charge in [0.1, 0.15) is 5.75 Å². The Morgan fingerprint density at radius 3 is 2.75 bits per heavy atom. The summed E-state index contributed by atoms with van der Waals surface area (Å²) < 4.78 is 10.8. The lowest BCUT2D eigenvalue weighted by Gasteiger charge is -2.10. The molecular weight excluding hydrogens is 202 g/mol. The summed E-state index contributed by atoms with van der Waals surface area (Å²) in [6, 6.07) is 8.57. The molecule has 3 heteroatoms. The topological polar surface area (TPSA) is 30.5 Å². The fourth-order valence-corrected chi connectivity index (χ4v) is 1.94. The van der Waals surface area contributed by atoms with E-state index in [2.05, 4.69) is 5.32 Å². The van der Waals surface area contributed by atoms with Crippen LogP contribution in [0.3, 0.4) is 0 Å². The van der Waals surface area contributed by atoms with Gasteiger partial charge >= 0.3 is 0 Å². The van der Waals surface area contributed by atoms with Crippen molar-refractivity contribution in [3.8, 4) is 5.75 Å². The highest BCUT2D eigenvalue weighted by Crippen LogP contribution is 2.12. The zero-order chi connectivity index (χ0) is 11.2. The summed E-state index contributed by atoms with van der Waals surface area (Å²) in [6.45, 7) is 2.63. The Morgan fingerprint density at radius 2 is 2.12 bits per heavy atom. The minimum atomic E-state index is 0.554. The van der Waals surface area contributed by atoms with Crippen LogP contribution < -0.4 is 10.1 Å². The maximum absolute atomic E-state index is 5.67. The van der Waals surface area contributed by atoms with E-state index in [1.807, 2.05) is 24.3 Å². The number of methoxy groups -OCH3 is 1. The largest absolute Gasteiger partial charge is 0.497 e. The number of hydrogen-bond donors (Lipinski definition) is 1. The molecule has 88 valence electrons. The third-order valence-corrected chi connectivity index (χ3v) is 2.91. The van der Waals surface area contributed by atoms with E-state index in [4.69, 9.17) is 9.47 Å². The van der Waals surface area contributed by atoms with Crippen LogP contribution in [0.15, 0.2) is 24.3 Å². The van der Waals surface area contributed by atoms with Crippen LogP contribution in [-0.4, -0.2) is 26.3 Å². The first kappa shape index (κ1) is 11.4. The van der Waals surface area contributed by atoms with E-state index in [1.165, 1.54) is 18.4 Å². The van der Waals surface area contributed by atoms with Gasteiger partial charge in [0.05, 0.1) is 20.3 Å². The Morgan fingerprint density at radius 1 is 1.31 bits per heavy atom. The quantitative estimate of drug-likeness (QED) is 0.824. The SMILES string of the molecule is COc1ccc(COC[C@H]2CCCN2)cc1. The maximum Gasteiger partial charge on any atom is 0.118 e. The number of rotatable bonds is 5. The Hall–Kier alpha value is -1.06. The van der Waals surface area contributed by atoms with E-state index in [9.17, 15) is 0 Å². The van der Waals surface area contributed by atoms with Crippen molar-refractivity contribution in [2.75, 3.05) is 20.3 Å². The van der Waals surface area contributed by atoms with Crippen molar-refractivity contribution in [2.45, 2.75) is 25.5 Å².